The number of fused-ring (bicyclic) bond motifs is 1. The number of rotatable bonds is 4. The third-order valence-electron chi connectivity index (χ3n) is 3.93. The molecule has 0 saturated carbocycles. The lowest BCUT2D eigenvalue weighted by Gasteiger charge is -2.15. The number of nitrogens with zero attached hydrogens (tertiary/aromatic N) is 6. The molecule has 0 N–H and O–H groups in total. The van der Waals surface area contributed by atoms with Gasteiger partial charge >= 0.3 is 5.38 Å². The molecule has 0 atom stereocenters. The molecule has 3 aromatic heterocycles. The van der Waals surface area contributed by atoms with Crippen LogP contribution in [-0.2, 0) is 19.0 Å². The molecule has 0 fully saturated rings. The molecule has 0 unspecified atom stereocenters. The minimum Gasteiger partial charge on any atom is -0.336 e. The number of carbonyl (C=O) groups excluding carboxylic acids is 1. The summed E-state index contributed by atoms with van der Waals surface area (Å²) in [6, 6.07) is 2.51. The SMILES string of the molecule is Cc1cc(C(F)(F)Cl)n2nc(C(=O)N(C)Cc3cn(C)nc3C)cc2n1. The highest BCUT2D eigenvalue weighted by Gasteiger charge is 2.33. The molecule has 3 aromatic rings. The second-order valence-corrected chi connectivity index (χ2v) is 6.63. The van der Waals surface area contributed by atoms with Crippen molar-refractivity contribution in [1.82, 2.24) is 29.3 Å². The molecule has 0 aliphatic rings. The number of hydrogen-bond donors (Lipinski definition) is 0. The normalized spacial score (nSPS) is 12.0. The van der Waals surface area contributed by atoms with Gasteiger partial charge < -0.3 is 4.90 Å². The summed E-state index contributed by atoms with van der Waals surface area (Å²) in [5.41, 5.74) is 1.65. The van der Waals surface area contributed by atoms with Crippen molar-refractivity contribution in [2.45, 2.75) is 25.8 Å². The molecule has 0 saturated heterocycles. The lowest BCUT2D eigenvalue weighted by molar-refractivity contribution is 0.0773. The molecule has 10 heteroatoms. The summed E-state index contributed by atoms with van der Waals surface area (Å²) < 4.78 is 29.8. The highest BCUT2D eigenvalue weighted by atomic mass is 35.5. The highest BCUT2D eigenvalue weighted by Crippen LogP contribution is 2.32. The van der Waals surface area contributed by atoms with Gasteiger partial charge in [0.25, 0.3) is 5.91 Å². The molecule has 0 radical (unpaired) electrons. The standard InChI is InChI=1S/C16H17ClF2N6O/c1-9-5-13(16(17,18)19)25-14(20-9)6-12(22-25)15(26)23(3)7-11-8-24(4)21-10(11)2/h5-6,8H,7H2,1-4H3. The van der Waals surface area contributed by atoms with Crippen molar-refractivity contribution in [3.8, 4) is 0 Å². The lowest BCUT2D eigenvalue weighted by atomic mass is 10.2. The average molecular weight is 383 g/mol. The zero-order chi connectivity index (χ0) is 19.2. The van der Waals surface area contributed by atoms with Crippen molar-refractivity contribution in [1.29, 1.82) is 0 Å². The number of aromatic nitrogens is 5. The zero-order valence-electron chi connectivity index (χ0n) is 14.7. The van der Waals surface area contributed by atoms with Crippen LogP contribution >= 0.6 is 11.6 Å². The van der Waals surface area contributed by atoms with E-state index < -0.39 is 17.0 Å². The smallest absolute Gasteiger partial charge is 0.336 e. The van der Waals surface area contributed by atoms with Crippen molar-refractivity contribution < 1.29 is 13.6 Å². The Kier molecular flexibility index (Phi) is 4.43. The fourth-order valence-electron chi connectivity index (χ4n) is 2.73. The van der Waals surface area contributed by atoms with Crippen molar-refractivity contribution in [2.24, 2.45) is 7.05 Å². The van der Waals surface area contributed by atoms with Gasteiger partial charge in [-0.3, -0.25) is 9.48 Å². The molecule has 26 heavy (non-hydrogen) atoms. The van der Waals surface area contributed by atoms with E-state index in [0.29, 0.717) is 12.2 Å². The van der Waals surface area contributed by atoms with Gasteiger partial charge in [-0.05, 0) is 31.5 Å². The summed E-state index contributed by atoms with van der Waals surface area (Å²) in [7, 11) is 3.40. The van der Waals surface area contributed by atoms with Gasteiger partial charge in [0.15, 0.2) is 11.3 Å². The van der Waals surface area contributed by atoms with E-state index in [1.54, 1.807) is 25.7 Å². The molecular formula is C16H17ClF2N6O. The Morgan fingerprint density at radius 3 is 2.58 bits per heavy atom. The van der Waals surface area contributed by atoms with Gasteiger partial charge in [0.2, 0.25) is 0 Å². The van der Waals surface area contributed by atoms with E-state index in [2.05, 4.69) is 15.2 Å². The third-order valence-corrected chi connectivity index (χ3v) is 4.13. The Morgan fingerprint density at radius 1 is 1.31 bits per heavy atom. The van der Waals surface area contributed by atoms with Gasteiger partial charge in [0.1, 0.15) is 5.69 Å². The Balaban J connectivity index is 1.94. The van der Waals surface area contributed by atoms with Gasteiger partial charge in [-0.15, -0.1) is 0 Å². The van der Waals surface area contributed by atoms with E-state index in [1.807, 2.05) is 13.1 Å². The Morgan fingerprint density at radius 2 is 2.00 bits per heavy atom. The minimum atomic E-state index is -3.63. The van der Waals surface area contributed by atoms with Crippen LogP contribution in [0.3, 0.4) is 0 Å². The van der Waals surface area contributed by atoms with E-state index in [4.69, 9.17) is 11.6 Å². The monoisotopic (exact) mass is 382 g/mol. The van der Waals surface area contributed by atoms with Crippen molar-refractivity contribution in [3.05, 3.63) is 46.7 Å². The first-order chi connectivity index (χ1) is 12.1. The van der Waals surface area contributed by atoms with Crippen LogP contribution in [0.2, 0.25) is 0 Å². The Labute approximate surface area is 153 Å². The van der Waals surface area contributed by atoms with Crippen molar-refractivity contribution >= 4 is 23.2 Å². The summed E-state index contributed by atoms with van der Waals surface area (Å²) in [5, 5.41) is 4.59. The van der Waals surface area contributed by atoms with E-state index in [-0.39, 0.29) is 11.3 Å². The van der Waals surface area contributed by atoms with Crippen molar-refractivity contribution in [3.63, 3.8) is 0 Å². The third kappa shape index (κ3) is 3.39. The molecule has 0 aliphatic heterocycles. The Hall–Kier alpha value is -2.55. The number of halogens is 3. The fourth-order valence-corrected chi connectivity index (χ4v) is 2.87. The van der Waals surface area contributed by atoms with Crippen LogP contribution in [0, 0.1) is 13.8 Å². The topological polar surface area (TPSA) is 68.3 Å². The molecular weight excluding hydrogens is 366 g/mol. The van der Waals surface area contributed by atoms with Gasteiger partial charge in [0, 0.05) is 44.2 Å². The molecule has 0 aliphatic carbocycles. The largest absolute Gasteiger partial charge is 0.364 e. The summed E-state index contributed by atoms with van der Waals surface area (Å²) in [6.45, 7) is 3.73. The van der Waals surface area contributed by atoms with E-state index in [9.17, 15) is 13.6 Å². The van der Waals surface area contributed by atoms with Gasteiger partial charge in [-0.2, -0.15) is 19.0 Å². The predicted molar refractivity (Wildman–Crippen MR) is 91.2 cm³/mol. The van der Waals surface area contributed by atoms with E-state index in [0.717, 1.165) is 21.8 Å². The van der Waals surface area contributed by atoms with Gasteiger partial charge in [-0.25, -0.2) is 9.50 Å². The molecule has 0 spiro atoms. The predicted octanol–water partition coefficient (Wildman–Crippen LogP) is 2.64. The number of amides is 1. The second-order valence-electron chi connectivity index (χ2n) is 6.15. The number of hydrogen-bond acceptors (Lipinski definition) is 4. The summed E-state index contributed by atoms with van der Waals surface area (Å²) in [5.74, 6) is -0.416. The van der Waals surface area contributed by atoms with Crippen LogP contribution in [-0.4, -0.2) is 42.2 Å². The first kappa shape index (κ1) is 18.2. The first-order valence-corrected chi connectivity index (χ1v) is 8.13. The lowest BCUT2D eigenvalue weighted by Crippen LogP contribution is -2.27. The maximum atomic E-state index is 13.6. The van der Waals surface area contributed by atoms with E-state index in [1.165, 1.54) is 11.0 Å². The molecule has 7 nitrogen and oxygen atoms in total. The van der Waals surface area contributed by atoms with Crippen LogP contribution in [0.4, 0.5) is 8.78 Å². The second kappa shape index (κ2) is 6.31. The van der Waals surface area contributed by atoms with Crippen LogP contribution in [0.1, 0.15) is 33.1 Å². The van der Waals surface area contributed by atoms with E-state index >= 15 is 0 Å². The van der Waals surface area contributed by atoms with Crippen LogP contribution < -0.4 is 0 Å². The van der Waals surface area contributed by atoms with Crippen molar-refractivity contribution in [2.75, 3.05) is 7.05 Å². The summed E-state index contributed by atoms with van der Waals surface area (Å²) >= 11 is 5.16. The first-order valence-electron chi connectivity index (χ1n) is 7.75. The maximum Gasteiger partial charge on any atom is 0.364 e. The molecule has 138 valence electrons. The van der Waals surface area contributed by atoms with Crippen LogP contribution in [0.25, 0.3) is 5.65 Å². The highest BCUT2D eigenvalue weighted by molar-refractivity contribution is 6.21. The number of alkyl halides is 3. The molecule has 1 amide bonds. The number of carbonyl (C=O) groups is 1. The average Bonchev–Trinajstić information content (AvgIpc) is 3.07. The summed E-state index contributed by atoms with van der Waals surface area (Å²) in [4.78, 5) is 18.2. The van der Waals surface area contributed by atoms with Gasteiger partial charge in [0.05, 0.1) is 5.69 Å². The van der Waals surface area contributed by atoms with Crippen LogP contribution in [0.15, 0.2) is 18.3 Å². The molecule has 3 rings (SSSR count). The zero-order valence-corrected chi connectivity index (χ0v) is 15.4. The molecule has 0 aromatic carbocycles. The van der Waals surface area contributed by atoms with Crippen LogP contribution in [0.5, 0.6) is 0 Å². The molecule has 3 heterocycles. The quantitative estimate of drug-likeness (QED) is 0.650. The summed E-state index contributed by atoms with van der Waals surface area (Å²) in [6.07, 6.45) is 1.82. The fraction of sp³-hybridized carbons (Fsp3) is 0.375. The Bertz CT molecular complexity index is 991. The van der Waals surface area contributed by atoms with Gasteiger partial charge in [-0.1, -0.05) is 0 Å². The molecule has 0 bridgehead atoms. The minimum absolute atomic E-state index is 0.00862. The maximum absolute atomic E-state index is 13.6. The number of aryl methyl sites for hydroxylation is 3.